The zero-order chi connectivity index (χ0) is 13.4. The van der Waals surface area contributed by atoms with Gasteiger partial charge in [0.05, 0.1) is 5.60 Å². The zero-order valence-corrected chi connectivity index (χ0v) is 12.9. The van der Waals surface area contributed by atoms with Gasteiger partial charge in [0.25, 0.3) is 0 Å². The predicted molar refractivity (Wildman–Crippen MR) is 79.0 cm³/mol. The van der Waals surface area contributed by atoms with Crippen LogP contribution < -0.4 is 5.32 Å². The van der Waals surface area contributed by atoms with E-state index in [1.54, 1.807) is 0 Å². The van der Waals surface area contributed by atoms with Crippen LogP contribution in [0.5, 0.6) is 0 Å². The lowest BCUT2D eigenvalue weighted by atomic mass is 9.74. The molecule has 2 atom stereocenters. The number of methoxy groups -OCH3 is 1. The Labute approximate surface area is 114 Å². The van der Waals surface area contributed by atoms with Crippen molar-refractivity contribution in [2.45, 2.75) is 83.8 Å². The first kappa shape index (κ1) is 16.0. The lowest BCUT2D eigenvalue weighted by Crippen LogP contribution is -2.56. The van der Waals surface area contributed by atoms with Gasteiger partial charge in [0, 0.05) is 13.2 Å². The minimum atomic E-state index is 0.0992. The van der Waals surface area contributed by atoms with Crippen molar-refractivity contribution in [3.8, 4) is 0 Å². The van der Waals surface area contributed by atoms with E-state index in [4.69, 9.17) is 4.74 Å². The second-order valence-electron chi connectivity index (χ2n) is 6.03. The molecular formula is C16H33NO. The number of hydrogen-bond acceptors (Lipinski definition) is 2. The molecule has 2 nitrogen and oxygen atoms in total. The van der Waals surface area contributed by atoms with Crippen molar-refractivity contribution in [3.05, 3.63) is 0 Å². The van der Waals surface area contributed by atoms with E-state index in [1.165, 1.54) is 51.4 Å². The summed E-state index contributed by atoms with van der Waals surface area (Å²) in [5.74, 6) is 0.708. The first-order valence-corrected chi connectivity index (χ1v) is 7.98. The predicted octanol–water partition coefficient (Wildman–Crippen LogP) is 4.14. The summed E-state index contributed by atoms with van der Waals surface area (Å²) in [5, 5.41) is 3.79. The highest BCUT2D eigenvalue weighted by atomic mass is 16.5. The maximum Gasteiger partial charge on any atom is 0.0833 e. The normalized spacial score (nSPS) is 22.7. The van der Waals surface area contributed by atoms with Crippen LogP contribution in [0.1, 0.15) is 72.1 Å². The molecule has 108 valence electrons. The van der Waals surface area contributed by atoms with Gasteiger partial charge in [-0.3, -0.25) is 0 Å². The van der Waals surface area contributed by atoms with Crippen LogP contribution in [0.4, 0.5) is 0 Å². The van der Waals surface area contributed by atoms with Crippen LogP contribution in [0.2, 0.25) is 0 Å². The van der Waals surface area contributed by atoms with Gasteiger partial charge in [-0.25, -0.2) is 0 Å². The van der Waals surface area contributed by atoms with Crippen molar-refractivity contribution in [2.75, 3.05) is 13.7 Å². The summed E-state index contributed by atoms with van der Waals surface area (Å²) in [5.41, 5.74) is 0.0992. The molecule has 18 heavy (non-hydrogen) atoms. The fraction of sp³-hybridized carbons (Fsp3) is 1.00. The zero-order valence-electron chi connectivity index (χ0n) is 12.9. The summed E-state index contributed by atoms with van der Waals surface area (Å²) in [7, 11) is 1.92. The lowest BCUT2D eigenvalue weighted by Gasteiger charge is -2.45. The number of hydrogen-bond donors (Lipinski definition) is 1. The van der Waals surface area contributed by atoms with Gasteiger partial charge in [0.1, 0.15) is 0 Å². The summed E-state index contributed by atoms with van der Waals surface area (Å²) < 4.78 is 6.04. The van der Waals surface area contributed by atoms with Gasteiger partial charge in [-0.1, -0.05) is 46.5 Å². The monoisotopic (exact) mass is 255 g/mol. The average molecular weight is 255 g/mol. The van der Waals surface area contributed by atoms with E-state index in [0.717, 1.165) is 6.54 Å². The molecule has 2 unspecified atom stereocenters. The molecule has 0 bridgehead atoms. The van der Waals surface area contributed by atoms with Crippen molar-refractivity contribution in [2.24, 2.45) is 5.92 Å². The Bertz CT molecular complexity index is 211. The van der Waals surface area contributed by atoms with Gasteiger partial charge in [-0.15, -0.1) is 0 Å². The Hall–Kier alpha value is -0.0800. The van der Waals surface area contributed by atoms with E-state index in [0.29, 0.717) is 12.0 Å². The Morgan fingerprint density at radius 2 is 1.78 bits per heavy atom. The van der Waals surface area contributed by atoms with E-state index < -0.39 is 0 Å². The molecule has 0 heterocycles. The van der Waals surface area contributed by atoms with Crippen LogP contribution in [-0.2, 0) is 4.74 Å². The highest BCUT2D eigenvalue weighted by Crippen LogP contribution is 2.37. The second kappa shape index (κ2) is 8.16. The van der Waals surface area contributed by atoms with Crippen molar-refractivity contribution in [3.63, 3.8) is 0 Å². The molecule has 1 rings (SSSR count). The van der Waals surface area contributed by atoms with Gasteiger partial charge >= 0.3 is 0 Å². The standard InChI is InChI=1S/C16H33NO/c1-5-10-14(3)15(17-13-6-2)16(18-4)11-8-7-9-12-16/h14-15,17H,5-13H2,1-4H3. The topological polar surface area (TPSA) is 21.3 Å². The molecule has 0 aliphatic heterocycles. The molecule has 0 amide bonds. The van der Waals surface area contributed by atoms with Crippen LogP contribution in [0.3, 0.4) is 0 Å². The van der Waals surface area contributed by atoms with E-state index in [-0.39, 0.29) is 5.60 Å². The maximum atomic E-state index is 6.04. The van der Waals surface area contributed by atoms with Gasteiger partial charge in [-0.05, 0) is 38.1 Å². The summed E-state index contributed by atoms with van der Waals surface area (Å²) in [6, 6.07) is 0.530. The maximum absolute atomic E-state index is 6.04. The molecule has 2 heteroatoms. The summed E-state index contributed by atoms with van der Waals surface area (Å²) in [6.07, 6.45) is 10.3. The number of rotatable bonds is 8. The van der Waals surface area contributed by atoms with Crippen LogP contribution in [0.25, 0.3) is 0 Å². The first-order chi connectivity index (χ1) is 8.70. The first-order valence-electron chi connectivity index (χ1n) is 7.98. The Morgan fingerprint density at radius 3 is 2.28 bits per heavy atom. The van der Waals surface area contributed by atoms with E-state index in [1.807, 2.05) is 7.11 Å². The molecule has 1 N–H and O–H groups in total. The fourth-order valence-electron chi connectivity index (χ4n) is 3.62. The van der Waals surface area contributed by atoms with Gasteiger partial charge in [0.2, 0.25) is 0 Å². The SMILES string of the molecule is CCCNC(C(C)CCC)C1(OC)CCCCC1. The molecule has 0 aromatic carbocycles. The molecule has 1 fully saturated rings. The van der Waals surface area contributed by atoms with E-state index in [2.05, 4.69) is 26.1 Å². The largest absolute Gasteiger partial charge is 0.377 e. The van der Waals surface area contributed by atoms with E-state index >= 15 is 0 Å². The molecule has 0 spiro atoms. The molecule has 0 aromatic heterocycles. The summed E-state index contributed by atoms with van der Waals surface area (Å²) >= 11 is 0. The molecule has 0 saturated heterocycles. The molecule has 0 aromatic rings. The summed E-state index contributed by atoms with van der Waals surface area (Å²) in [4.78, 5) is 0. The quantitative estimate of drug-likeness (QED) is 0.704. The highest BCUT2D eigenvalue weighted by Gasteiger charge is 2.41. The third-order valence-electron chi connectivity index (χ3n) is 4.60. The highest BCUT2D eigenvalue weighted by molar-refractivity contribution is 4.97. The lowest BCUT2D eigenvalue weighted by molar-refractivity contribution is -0.0806. The Kier molecular flexibility index (Phi) is 7.25. The fourth-order valence-corrected chi connectivity index (χ4v) is 3.62. The van der Waals surface area contributed by atoms with Crippen molar-refractivity contribution < 1.29 is 4.74 Å². The van der Waals surface area contributed by atoms with Gasteiger partial charge in [0.15, 0.2) is 0 Å². The van der Waals surface area contributed by atoms with Crippen LogP contribution in [-0.4, -0.2) is 25.3 Å². The number of ether oxygens (including phenoxy) is 1. The molecule has 1 aliphatic rings. The van der Waals surface area contributed by atoms with Crippen LogP contribution in [0.15, 0.2) is 0 Å². The van der Waals surface area contributed by atoms with Crippen molar-refractivity contribution in [1.82, 2.24) is 5.32 Å². The van der Waals surface area contributed by atoms with Gasteiger partial charge < -0.3 is 10.1 Å². The Morgan fingerprint density at radius 1 is 1.11 bits per heavy atom. The third kappa shape index (κ3) is 3.96. The smallest absolute Gasteiger partial charge is 0.0833 e. The minimum Gasteiger partial charge on any atom is -0.377 e. The average Bonchev–Trinajstić information content (AvgIpc) is 2.40. The van der Waals surface area contributed by atoms with Crippen LogP contribution in [0, 0.1) is 5.92 Å². The minimum absolute atomic E-state index is 0.0992. The van der Waals surface area contributed by atoms with E-state index in [9.17, 15) is 0 Å². The molecule has 0 radical (unpaired) electrons. The molecule has 1 saturated carbocycles. The van der Waals surface area contributed by atoms with Crippen molar-refractivity contribution in [1.29, 1.82) is 0 Å². The van der Waals surface area contributed by atoms with Crippen LogP contribution >= 0.6 is 0 Å². The number of nitrogens with one attached hydrogen (secondary N) is 1. The molecule has 1 aliphatic carbocycles. The summed E-state index contributed by atoms with van der Waals surface area (Å²) in [6.45, 7) is 8.04. The van der Waals surface area contributed by atoms with Gasteiger partial charge in [-0.2, -0.15) is 0 Å². The van der Waals surface area contributed by atoms with Crippen molar-refractivity contribution >= 4 is 0 Å². The third-order valence-corrected chi connectivity index (χ3v) is 4.60. The Balaban J connectivity index is 2.76. The second-order valence-corrected chi connectivity index (χ2v) is 6.03. The molecular weight excluding hydrogens is 222 g/mol.